The summed E-state index contributed by atoms with van der Waals surface area (Å²) in [4.78, 5) is 11.8. The van der Waals surface area contributed by atoms with Crippen LogP contribution in [-0.4, -0.2) is 19.9 Å². The zero-order valence-electron chi connectivity index (χ0n) is 14.1. The van der Waals surface area contributed by atoms with E-state index >= 15 is 0 Å². The van der Waals surface area contributed by atoms with Gasteiger partial charge in [0.2, 0.25) is 0 Å². The summed E-state index contributed by atoms with van der Waals surface area (Å²) < 4.78 is 29.5. The first-order valence-corrected chi connectivity index (χ1v) is 9.51. The van der Waals surface area contributed by atoms with E-state index in [1.54, 1.807) is 6.92 Å². The van der Waals surface area contributed by atoms with E-state index in [1.807, 2.05) is 20.8 Å². The molecule has 0 fully saturated rings. The van der Waals surface area contributed by atoms with Gasteiger partial charge in [-0.1, -0.05) is 55.2 Å². The van der Waals surface area contributed by atoms with E-state index in [0.717, 1.165) is 0 Å². The van der Waals surface area contributed by atoms with Crippen LogP contribution >= 0.6 is 23.2 Å². The molecule has 134 valence electrons. The van der Waals surface area contributed by atoms with Gasteiger partial charge in [0, 0.05) is 5.57 Å². The number of hydrogen-bond acceptors (Lipinski definition) is 5. The van der Waals surface area contributed by atoms with E-state index in [-0.39, 0.29) is 26.4 Å². The van der Waals surface area contributed by atoms with Crippen molar-refractivity contribution in [3.63, 3.8) is 0 Å². The van der Waals surface area contributed by atoms with Crippen molar-refractivity contribution in [3.05, 3.63) is 51.5 Å². The molecule has 1 aliphatic carbocycles. The highest BCUT2D eigenvalue weighted by atomic mass is 35.5. The molecule has 8 heteroatoms. The maximum Gasteiger partial charge on any atom is 0.361 e. The van der Waals surface area contributed by atoms with Crippen molar-refractivity contribution < 1.29 is 17.5 Å². The van der Waals surface area contributed by atoms with Crippen LogP contribution in [0.5, 0.6) is 0 Å². The number of carbonyl (C=O) groups is 1. The first-order chi connectivity index (χ1) is 11.4. The lowest BCUT2D eigenvalue weighted by Crippen LogP contribution is -2.22. The van der Waals surface area contributed by atoms with Crippen molar-refractivity contribution in [1.29, 1.82) is 0 Å². The molecule has 0 radical (unpaired) electrons. The minimum Gasteiger partial charge on any atom is -0.290 e. The van der Waals surface area contributed by atoms with Gasteiger partial charge in [-0.25, -0.2) is 0 Å². The average Bonchev–Trinajstić information content (AvgIpc) is 2.44. The lowest BCUT2D eigenvalue weighted by atomic mass is 9.80. The van der Waals surface area contributed by atoms with E-state index in [2.05, 4.69) is 5.16 Å². The summed E-state index contributed by atoms with van der Waals surface area (Å²) in [6, 6.07) is 4.30. The lowest BCUT2D eigenvalue weighted by molar-refractivity contribution is -0.112. The zero-order chi connectivity index (χ0) is 19.0. The second kappa shape index (κ2) is 6.94. The number of benzene rings is 1. The molecule has 0 saturated carbocycles. The molecule has 0 aromatic heterocycles. The van der Waals surface area contributed by atoms with Crippen LogP contribution in [0.1, 0.15) is 27.7 Å². The van der Waals surface area contributed by atoms with Gasteiger partial charge in [-0.3, -0.25) is 9.08 Å². The number of hydrogen-bond donors (Lipinski definition) is 0. The maximum absolute atomic E-state index is 12.4. The van der Waals surface area contributed by atoms with Crippen molar-refractivity contribution in [1.82, 2.24) is 0 Å². The van der Waals surface area contributed by atoms with Crippen LogP contribution in [-0.2, 0) is 19.2 Å². The normalized spacial score (nSPS) is 17.4. The number of nitrogens with zero attached hydrogens (tertiary/aromatic N) is 1. The van der Waals surface area contributed by atoms with Crippen LogP contribution < -0.4 is 0 Å². The highest BCUT2D eigenvalue weighted by Crippen LogP contribution is 2.32. The molecule has 0 heterocycles. The van der Waals surface area contributed by atoms with Crippen LogP contribution in [0.3, 0.4) is 0 Å². The Morgan fingerprint density at radius 2 is 1.64 bits per heavy atom. The summed E-state index contributed by atoms with van der Waals surface area (Å²) in [7, 11) is -4.30. The molecule has 25 heavy (non-hydrogen) atoms. The van der Waals surface area contributed by atoms with Crippen molar-refractivity contribution in [3.8, 4) is 0 Å². The molecule has 0 unspecified atom stereocenters. The number of rotatable bonds is 3. The quantitative estimate of drug-likeness (QED) is 0.549. The van der Waals surface area contributed by atoms with Gasteiger partial charge in [-0.2, -0.15) is 8.42 Å². The van der Waals surface area contributed by atoms with Gasteiger partial charge >= 0.3 is 10.1 Å². The van der Waals surface area contributed by atoms with Crippen molar-refractivity contribution in [2.24, 2.45) is 10.6 Å². The minimum atomic E-state index is -4.30. The molecule has 1 aliphatic rings. The van der Waals surface area contributed by atoms with Gasteiger partial charge in [0.1, 0.15) is 10.6 Å². The zero-order valence-corrected chi connectivity index (χ0v) is 16.5. The second-order valence-electron chi connectivity index (χ2n) is 6.56. The topological polar surface area (TPSA) is 72.8 Å². The third-order valence-corrected chi connectivity index (χ3v) is 5.57. The molecule has 2 rings (SSSR count). The van der Waals surface area contributed by atoms with Crippen LogP contribution in [0.25, 0.3) is 0 Å². The van der Waals surface area contributed by atoms with Gasteiger partial charge in [0.05, 0.1) is 10.0 Å². The third-order valence-electron chi connectivity index (χ3n) is 3.51. The second-order valence-corrected chi connectivity index (χ2v) is 8.84. The summed E-state index contributed by atoms with van der Waals surface area (Å²) in [5.74, 6) is -0.138. The molecular formula is C17H17Cl2NO4S. The van der Waals surface area contributed by atoms with Crippen LogP contribution in [0.2, 0.25) is 10.0 Å². The molecule has 0 atom stereocenters. The monoisotopic (exact) mass is 401 g/mol. The highest BCUT2D eigenvalue weighted by molar-refractivity contribution is 7.87. The van der Waals surface area contributed by atoms with Crippen LogP contribution in [0, 0.1) is 5.41 Å². The molecule has 5 nitrogen and oxygen atoms in total. The van der Waals surface area contributed by atoms with E-state index in [1.165, 1.54) is 30.4 Å². The summed E-state index contributed by atoms with van der Waals surface area (Å²) in [6.07, 6.45) is 2.93. The number of ketones is 1. The summed E-state index contributed by atoms with van der Waals surface area (Å²) >= 11 is 11.8. The summed E-state index contributed by atoms with van der Waals surface area (Å²) in [5, 5.41) is 3.58. The lowest BCUT2D eigenvalue weighted by Gasteiger charge is -2.23. The molecule has 1 aromatic carbocycles. The summed E-state index contributed by atoms with van der Waals surface area (Å²) in [6.45, 7) is 7.28. The van der Waals surface area contributed by atoms with Crippen molar-refractivity contribution in [2.45, 2.75) is 32.6 Å². The third kappa shape index (κ3) is 4.32. The van der Waals surface area contributed by atoms with Crippen molar-refractivity contribution in [2.75, 3.05) is 0 Å². The van der Waals surface area contributed by atoms with Crippen molar-refractivity contribution >= 4 is 44.8 Å². The molecular weight excluding hydrogens is 385 g/mol. The molecule has 0 aliphatic heterocycles. The predicted octanol–water partition coefficient (Wildman–Crippen LogP) is 4.56. The van der Waals surface area contributed by atoms with Crippen LogP contribution in [0.4, 0.5) is 0 Å². The number of allylic oxidation sites excluding steroid dienone is 4. The number of oxime groups is 1. The molecule has 0 N–H and O–H groups in total. The Bertz CT molecular complexity index is 902. The smallest absolute Gasteiger partial charge is 0.290 e. The van der Waals surface area contributed by atoms with Gasteiger partial charge in [-0.15, -0.1) is 0 Å². The first kappa shape index (κ1) is 19.7. The standard InChI is InChI=1S/C17H17Cl2NO4S/c1-10-8-15(21)11(17(2,3)4)9-14(10)20-24-25(22,23)16-12(18)6-5-7-13(16)19/h5-9H,1-4H3/b20-14+. The fourth-order valence-electron chi connectivity index (χ4n) is 2.20. The van der Waals surface area contributed by atoms with E-state index in [0.29, 0.717) is 11.1 Å². The average molecular weight is 402 g/mol. The van der Waals surface area contributed by atoms with Crippen LogP contribution in [0.15, 0.2) is 51.5 Å². The SMILES string of the molecule is CC1=CC(=O)C(C(C)(C)C)=C/C1=N\OS(=O)(=O)c1c(Cl)cccc1Cl. The largest absolute Gasteiger partial charge is 0.361 e. The van der Waals surface area contributed by atoms with Gasteiger partial charge < -0.3 is 0 Å². The van der Waals surface area contributed by atoms with E-state index in [4.69, 9.17) is 27.5 Å². The highest BCUT2D eigenvalue weighted by Gasteiger charge is 2.28. The van der Waals surface area contributed by atoms with E-state index in [9.17, 15) is 13.2 Å². The van der Waals surface area contributed by atoms with E-state index < -0.39 is 15.5 Å². The van der Waals surface area contributed by atoms with Gasteiger partial charge in [0.25, 0.3) is 0 Å². The Balaban J connectivity index is 2.42. The van der Waals surface area contributed by atoms with Gasteiger partial charge in [-0.05, 0) is 42.2 Å². The maximum atomic E-state index is 12.4. The Labute approximate surface area is 157 Å². The minimum absolute atomic E-state index is 0.0651. The molecule has 0 spiro atoms. The Morgan fingerprint density at radius 1 is 1.08 bits per heavy atom. The Morgan fingerprint density at radius 3 is 2.16 bits per heavy atom. The Hall–Kier alpha value is -1.63. The fraction of sp³-hybridized carbons (Fsp3) is 0.294. The fourth-order valence-corrected chi connectivity index (χ4v) is 4.03. The van der Waals surface area contributed by atoms with Gasteiger partial charge in [0.15, 0.2) is 5.78 Å². The number of halogens is 2. The number of carbonyl (C=O) groups excluding carboxylic acids is 1. The first-order valence-electron chi connectivity index (χ1n) is 7.34. The molecule has 0 saturated heterocycles. The predicted molar refractivity (Wildman–Crippen MR) is 98.5 cm³/mol. The Kier molecular flexibility index (Phi) is 5.47. The molecule has 0 bridgehead atoms. The molecule has 1 aromatic rings. The summed E-state index contributed by atoms with van der Waals surface area (Å²) in [5.41, 5.74) is 0.836. The molecule has 0 amide bonds.